The van der Waals surface area contributed by atoms with Gasteiger partial charge in [-0.05, 0) is 42.5 Å². The first-order valence-electron chi connectivity index (χ1n) is 12.8. The van der Waals surface area contributed by atoms with Crippen molar-refractivity contribution >= 4 is 15.7 Å². The van der Waals surface area contributed by atoms with Crippen LogP contribution in [0.2, 0.25) is 0 Å². The van der Waals surface area contributed by atoms with Crippen molar-refractivity contribution in [3.05, 3.63) is 65.7 Å². The van der Waals surface area contributed by atoms with Gasteiger partial charge in [-0.25, -0.2) is 8.42 Å². The van der Waals surface area contributed by atoms with Gasteiger partial charge in [-0.2, -0.15) is 0 Å². The van der Waals surface area contributed by atoms with E-state index in [0.29, 0.717) is 25.0 Å². The van der Waals surface area contributed by atoms with Crippen LogP contribution in [0.5, 0.6) is 5.75 Å². The molecule has 2 atom stereocenters. The average Bonchev–Trinajstić information content (AvgIpc) is 2.87. The molecule has 0 aliphatic heterocycles. The number of aliphatic hydroxyl groups excluding tert-OH is 1. The molecule has 2 unspecified atom stereocenters. The molecule has 7 nitrogen and oxygen atoms in total. The quantitative estimate of drug-likeness (QED) is 0.350. The highest BCUT2D eigenvalue weighted by molar-refractivity contribution is 7.92. The summed E-state index contributed by atoms with van der Waals surface area (Å²) in [5.74, 6) is 0.141. The fraction of sp³-hybridized carbons (Fsp3) is 0.536. The first-order valence-corrected chi connectivity index (χ1v) is 14.5. The van der Waals surface area contributed by atoms with E-state index in [9.17, 15) is 18.3 Å². The molecular formula is C28H42N2O5S. The van der Waals surface area contributed by atoms with Gasteiger partial charge in [0.1, 0.15) is 5.75 Å². The molecular weight excluding hydrogens is 476 g/mol. The Kier molecular flexibility index (Phi) is 12.4. The van der Waals surface area contributed by atoms with E-state index in [-0.39, 0.29) is 31.2 Å². The first kappa shape index (κ1) is 29.8. The number of sulfone groups is 1. The van der Waals surface area contributed by atoms with Crippen LogP contribution < -0.4 is 10.5 Å². The summed E-state index contributed by atoms with van der Waals surface area (Å²) < 4.78 is 31.2. The Balaban J connectivity index is 2.15. The third-order valence-electron chi connectivity index (χ3n) is 6.41. The monoisotopic (exact) mass is 518 g/mol. The van der Waals surface area contributed by atoms with Crippen LogP contribution in [0.15, 0.2) is 54.6 Å². The minimum atomic E-state index is -3.40. The molecule has 0 spiro atoms. The van der Waals surface area contributed by atoms with Crippen LogP contribution in [0.4, 0.5) is 0 Å². The number of hydrogen-bond acceptors (Lipinski definition) is 6. The van der Waals surface area contributed by atoms with Gasteiger partial charge in [0.2, 0.25) is 5.91 Å². The predicted molar refractivity (Wildman–Crippen MR) is 145 cm³/mol. The van der Waals surface area contributed by atoms with Gasteiger partial charge < -0.3 is 20.5 Å². The lowest BCUT2D eigenvalue weighted by Gasteiger charge is -2.29. The number of carbonyl (C=O) groups is 1. The van der Waals surface area contributed by atoms with Crippen molar-refractivity contribution in [1.82, 2.24) is 4.90 Å². The first-order chi connectivity index (χ1) is 17.2. The number of aliphatic hydroxyl groups is 1. The molecule has 0 aromatic heterocycles. The summed E-state index contributed by atoms with van der Waals surface area (Å²) in [5.41, 5.74) is 8.10. The molecule has 8 heteroatoms. The molecule has 0 saturated carbocycles. The third-order valence-corrected chi connectivity index (χ3v) is 8.67. The molecule has 3 N–H and O–H groups in total. The van der Waals surface area contributed by atoms with Crippen molar-refractivity contribution in [3.63, 3.8) is 0 Å². The molecule has 0 fully saturated rings. The Bertz CT molecular complexity index is 1020. The maximum atomic E-state index is 13.3. The molecule has 0 radical (unpaired) electrons. The van der Waals surface area contributed by atoms with Gasteiger partial charge in [-0.15, -0.1) is 0 Å². The Morgan fingerprint density at radius 1 is 1.03 bits per heavy atom. The summed E-state index contributed by atoms with van der Waals surface area (Å²) in [6, 6.07) is 16.4. The highest BCUT2D eigenvalue weighted by atomic mass is 32.2. The Morgan fingerprint density at radius 2 is 1.67 bits per heavy atom. The van der Waals surface area contributed by atoms with E-state index >= 15 is 0 Å². The van der Waals surface area contributed by atoms with Gasteiger partial charge in [0.05, 0.1) is 24.2 Å². The van der Waals surface area contributed by atoms with Crippen molar-refractivity contribution in [2.24, 2.45) is 5.73 Å². The second kappa shape index (κ2) is 15.0. The van der Waals surface area contributed by atoms with Crippen LogP contribution in [-0.4, -0.2) is 61.1 Å². The standard InChI is InChI=1S/C28H42N2O5S/c1-4-10-25(11-5-2)36(33,34)17-16-28(32)30(20-23-14-9-15-24(18-23)35-3)21-27(31)26(29)19-22-12-7-6-8-13-22/h6-9,12-15,18,25-27,31H,4-5,10-11,16-17,19-21,29H2,1-3H3. The normalized spacial score (nSPS) is 13.4. The van der Waals surface area contributed by atoms with Gasteiger partial charge in [-0.1, -0.05) is 69.2 Å². The summed E-state index contributed by atoms with van der Waals surface area (Å²) in [6.45, 7) is 4.18. The van der Waals surface area contributed by atoms with Crippen molar-refractivity contribution in [3.8, 4) is 5.75 Å². The molecule has 0 bridgehead atoms. The summed E-state index contributed by atoms with van der Waals surface area (Å²) in [6.07, 6.45) is 2.14. The molecule has 2 aromatic carbocycles. The van der Waals surface area contributed by atoms with Gasteiger partial charge >= 0.3 is 0 Å². The number of hydrogen-bond donors (Lipinski definition) is 2. The predicted octanol–water partition coefficient (Wildman–Crippen LogP) is 3.73. The SMILES string of the molecule is CCCC(CCC)S(=O)(=O)CCC(=O)N(Cc1cccc(OC)c1)CC(O)C(N)Cc1ccccc1. The van der Waals surface area contributed by atoms with Gasteiger partial charge in [0.25, 0.3) is 0 Å². The number of benzene rings is 2. The third kappa shape index (κ3) is 9.56. The lowest BCUT2D eigenvalue weighted by molar-refractivity contribution is -0.133. The summed E-state index contributed by atoms with van der Waals surface area (Å²) in [7, 11) is -1.83. The van der Waals surface area contributed by atoms with E-state index < -0.39 is 27.2 Å². The molecule has 0 aliphatic rings. The van der Waals surface area contributed by atoms with Crippen molar-refractivity contribution in [2.45, 2.75) is 76.3 Å². The topological polar surface area (TPSA) is 110 Å². The number of carbonyl (C=O) groups excluding carboxylic acids is 1. The minimum Gasteiger partial charge on any atom is -0.497 e. The Hall–Kier alpha value is -2.42. The van der Waals surface area contributed by atoms with Crippen LogP contribution in [-0.2, 0) is 27.6 Å². The summed E-state index contributed by atoms with van der Waals surface area (Å²) in [4.78, 5) is 14.8. The number of rotatable bonds is 16. The number of methoxy groups -OCH3 is 1. The highest BCUT2D eigenvalue weighted by Crippen LogP contribution is 2.19. The van der Waals surface area contributed by atoms with Crippen LogP contribution in [0.1, 0.15) is 57.1 Å². The molecule has 36 heavy (non-hydrogen) atoms. The minimum absolute atomic E-state index is 0.0113. The van der Waals surface area contributed by atoms with Crippen molar-refractivity contribution in [1.29, 1.82) is 0 Å². The molecule has 2 rings (SSSR count). The molecule has 200 valence electrons. The summed E-state index contributed by atoms with van der Waals surface area (Å²) >= 11 is 0. The van der Waals surface area contributed by atoms with E-state index in [0.717, 1.165) is 24.0 Å². The number of ether oxygens (including phenoxy) is 1. The van der Waals surface area contributed by atoms with Crippen molar-refractivity contribution in [2.75, 3.05) is 19.4 Å². The fourth-order valence-corrected chi connectivity index (χ4v) is 6.31. The van der Waals surface area contributed by atoms with E-state index in [1.807, 2.05) is 68.4 Å². The van der Waals surface area contributed by atoms with Gasteiger partial charge in [-0.3, -0.25) is 4.79 Å². The lowest BCUT2D eigenvalue weighted by Crippen LogP contribution is -2.46. The lowest BCUT2D eigenvalue weighted by atomic mass is 10.0. The van der Waals surface area contributed by atoms with Crippen LogP contribution in [0, 0.1) is 0 Å². The molecule has 0 aliphatic carbocycles. The van der Waals surface area contributed by atoms with Gasteiger partial charge in [0, 0.05) is 25.6 Å². The van der Waals surface area contributed by atoms with Crippen LogP contribution in [0.25, 0.3) is 0 Å². The highest BCUT2D eigenvalue weighted by Gasteiger charge is 2.27. The molecule has 1 amide bonds. The van der Waals surface area contributed by atoms with Crippen molar-refractivity contribution < 1.29 is 23.1 Å². The average molecular weight is 519 g/mol. The van der Waals surface area contributed by atoms with E-state index in [1.165, 1.54) is 4.90 Å². The van der Waals surface area contributed by atoms with E-state index in [2.05, 4.69) is 0 Å². The molecule has 0 heterocycles. The Labute approximate surface area is 216 Å². The second-order valence-corrected chi connectivity index (χ2v) is 11.8. The largest absolute Gasteiger partial charge is 0.497 e. The zero-order valence-electron chi connectivity index (χ0n) is 21.8. The van der Waals surface area contributed by atoms with Crippen LogP contribution >= 0.6 is 0 Å². The number of nitrogens with zero attached hydrogens (tertiary/aromatic N) is 1. The van der Waals surface area contributed by atoms with Crippen LogP contribution in [0.3, 0.4) is 0 Å². The zero-order chi connectivity index (χ0) is 26.6. The maximum absolute atomic E-state index is 13.3. The number of nitrogens with two attached hydrogens (primary N) is 1. The zero-order valence-corrected chi connectivity index (χ0v) is 22.6. The van der Waals surface area contributed by atoms with Gasteiger partial charge in [0.15, 0.2) is 9.84 Å². The molecule has 2 aromatic rings. The second-order valence-electron chi connectivity index (χ2n) is 9.36. The maximum Gasteiger partial charge on any atom is 0.223 e. The Morgan fingerprint density at radius 3 is 2.28 bits per heavy atom. The molecule has 0 saturated heterocycles. The smallest absolute Gasteiger partial charge is 0.223 e. The van der Waals surface area contributed by atoms with E-state index in [1.54, 1.807) is 7.11 Å². The summed E-state index contributed by atoms with van der Waals surface area (Å²) in [5, 5.41) is 10.5. The van der Waals surface area contributed by atoms with E-state index in [4.69, 9.17) is 10.5 Å². The fourth-order valence-electron chi connectivity index (χ4n) is 4.33. The number of amides is 1.